The van der Waals surface area contributed by atoms with Crippen LogP contribution in [0.5, 0.6) is 0 Å². The molecule has 0 spiro atoms. The zero-order valence-corrected chi connectivity index (χ0v) is 10.6. The van der Waals surface area contributed by atoms with E-state index in [1.165, 1.54) is 12.3 Å². The van der Waals surface area contributed by atoms with Gasteiger partial charge in [-0.2, -0.15) is 0 Å². The van der Waals surface area contributed by atoms with Gasteiger partial charge < -0.3 is 21.1 Å². The molecular weight excluding hydrogens is 264 g/mol. The summed E-state index contributed by atoms with van der Waals surface area (Å²) in [6, 6.07) is 2.25. The number of primary amides is 1. The van der Waals surface area contributed by atoms with Crippen molar-refractivity contribution in [2.75, 3.05) is 18.0 Å². The van der Waals surface area contributed by atoms with Crippen LogP contribution in [0.3, 0.4) is 0 Å². The first-order chi connectivity index (χ1) is 9.49. The number of carbonyl (C=O) groups excluding carboxylic acids is 2. The number of pyridine rings is 1. The van der Waals surface area contributed by atoms with Crippen molar-refractivity contribution in [3.05, 3.63) is 24.0 Å². The van der Waals surface area contributed by atoms with Gasteiger partial charge in [0.05, 0.1) is 6.42 Å². The average molecular weight is 278 g/mol. The van der Waals surface area contributed by atoms with Crippen molar-refractivity contribution < 1.29 is 19.5 Å². The molecule has 0 saturated carbocycles. The Kier molecular flexibility index (Phi) is 3.83. The molecular formula is C12H14N4O4. The summed E-state index contributed by atoms with van der Waals surface area (Å²) in [6.07, 6.45) is 1.08. The van der Waals surface area contributed by atoms with Crippen molar-refractivity contribution in [1.29, 1.82) is 0 Å². The Hall–Kier alpha value is -2.64. The molecule has 2 rings (SSSR count). The van der Waals surface area contributed by atoms with Crippen molar-refractivity contribution in [2.24, 2.45) is 5.73 Å². The Morgan fingerprint density at radius 1 is 1.55 bits per heavy atom. The lowest BCUT2D eigenvalue weighted by Gasteiger charge is -2.36. The average Bonchev–Trinajstić information content (AvgIpc) is 2.41. The molecule has 1 unspecified atom stereocenters. The maximum Gasteiger partial charge on any atom is 0.305 e. The highest BCUT2D eigenvalue weighted by Crippen LogP contribution is 2.21. The SMILES string of the molecule is NC(=O)c1cc(N2CCNC(=O)C2CC(=O)O)ccn1. The minimum absolute atomic E-state index is 0.0718. The summed E-state index contributed by atoms with van der Waals surface area (Å²) < 4.78 is 0. The van der Waals surface area contributed by atoms with Gasteiger partial charge in [0.25, 0.3) is 5.91 Å². The van der Waals surface area contributed by atoms with Crippen LogP contribution in [-0.2, 0) is 9.59 Å². The van der Waals surface area contributed by atoms with Gasteiger partial charge in [0.1, 0.15) is 11.7 Å². The maximum absolute atomic E-state index is 11.8. The van der Waals surface area contributed by atoms with Crippen LogP contribution in [0, 0.1) is 0 Å². The predicted molar refractivity (Wildman–Crippen MR) is 69.2 cm³/mol. The van der Waals surface area contributed by atoms with Crippen LogP contribution < -0.4 is 16.0 Å². The lowest BCUT2D eigenvalue weighted by atomic mass is 10.1. The number of carboxylic acid groups (broad SMARTS) is 1. The number of hydrogen-bond donors (Lipinski definition) is 3. The summed E-state index contributed by atoms with van der Waals surface area (Å²) in [5, 5.41) is 11.5. The molecule has 1 aromatic rings. The first-order valence-corrected chi connectivity index (χ1v) is 6.01. The minimum atomic E-state index is -1.07. The van der Waals surface area contributed by atoms with Crippen LogP contribution >= 0.6 is 0 Å². The second-order valence-corrected chi connectivity index (χ2v) is 4.36. The van der Waals surface area contributed by atoms with E-state index in [9.17, 15) is 14.4 Å². The van der Waals surface area contributed by atoms with E-state index in [1.54, 1.807) is 11.0 Å². The van der Waals surface area contributed by atoms with Crippen LogP contribution in [0.2, 0.25) is 0 Å². The molecule has 106 valence electrons. The van der Waals surface area contributed by atoms with Crippen LogP contribution in [0.1, 0.15) is 16.9 Å². The minimum Gasteiger partial charge on any atom is -0.481 e. The van der Waals surface area contributed by atoms with E-state index in [-0.39, 0.29) is 18.0 Å². The normalized spacial score (nSPS) is 18.5. The maximum atomic E-state index is 11.8. The van der Waals surface area contributed by atoms with E-state index in [0.29, 0.717) is 18.8 Å². The summed E-state index contributed by atoms with van der Waals surface area (Å²) in [5.74, 6) is -2.10. The molecule has 8 heteroatoms. The molecule has 1 aliphatic rings. The number of piperazine rings is 1. The fraction of sp³-hybridized carbons (Fsp3) is 0.333. The fourth-order valence-electron chi connectivity index (χ4n) is 2.12. The van der Waals surface area contributed by atoms with Gasteiger partial charge in [-0.1, -0.05) is 0 Å². The summed E-state index contributed by atoms with van der Waals surface area (Å²) in [6.45, 7) is 0.856. The second-order valence-electron chi connectivity index (χ2n) is 4.36. The molecule has 1 aromatic heterocycles. The summed E-state index contributed by atoms with van der Waals surface area (Å²) in [7, 11) is 0. The van der Waals surface area contributed by atoms with Crippen molar-refractivity contribution >= 4 is 23.5 Å². The van der Waals surface area contributed by atoms with Crippen LogP contribution in [0.25, 0.3) is 0 Å². The summed E-state index contributed by atoms with van der Waals surface area (Å²) >= 11 is 0. The van der Waals surface area contributed by atoms with Crippen molar-refractivity contribution in [1.82, 2.24) is 10.3 Å². The Morgan fingerprint density at radius 3 is 2.95 bits per heavy atom. The molecule has 1 aliphatic heterocycles. The van der Waals surface area contributed by atoms with Crippen LogP contribution in [0.4, 0.5) is 5.69 Å². The zero-order chi connectivity index (χ0) is 14.7. The Balaban J connectivity index is 2.32. The van der Waals surface area contributed by atoms with E-state index >= 15 is 0 Å². The molecule has 1 saturated heterocycles. The third-order valence-corrected chi connectivity index (χ3v) is 3.03. The molecule has 8 nitrogen and oxygen atoms in total. The number of nitrogens with zero attached hydrogens (tertiary/aromatic N) is 2. The molecule has 20 heavy (non-hydrogen) atoms. The Morgan fingerprint density at radius 2 is 2.30 bits per heavy atom. The third kappa shape index (κ3) is 2.85. The largest absolute Gasteiger partial charge is 0.481 e. The van der Waals surface area contributed by atoms with Crippen LogP contribution in [-0.4, -0.2) is 47.0 Å². The Labute approximate surface area is 114 Å². The molecule has 1 fully saturated rings. The highest BCUT2D eigenvalue weighted by molar-refractivity contribution is 5.93. The topological polar surface area (TPSA) is 126 Å². The molecule has 0 bridgehead atoms. The number of hydrogen-bond acceptors (Lipinski definition) is 5. The number of anilines is 1. The van der Waals surface area contributed by atoms with Gasteiger partial charge in [-0.3, -0.25) is 19.4 Å². The number of aliphatic carboxylic acids is 1. The predicted octanol–water partition coefficient (Wildman–Crippen LogP) is -1.04. The number of carboxylic acids is 1. The quantitative estimate of drug-likeness (QED) is 0.646. The van der Waals surface area contributed by atoms with Gasteiger partial charge in [-0.05, 0) is 12.1 Å². The number of nitrogens with two attached hydrogens (primary N) is 1. The molecule has 0 radical (unpaired) electrons. The van der Waals surface area contributed by atoms with Gasteiger partial charge in [0, 0.05) is 25.0 Å². The third-order valence-electron chi connectivity index (χ3n) is 3.03. The first kappa shape index (κ1) is 13.8. The van der Waals surface area contributed by atoms with Gasteiger partial charge in [-0.25, -0.2) is 0 Å². The van der Waals surface area contributed by atoms with E-state index in [2.05, 4.69) is 10.3 Å². The number of carbonyl (C=O) groups is 3. The highest BCUT2D eigenvalue weighted by Gasteiger charge is 2.32. The van der Waals surface area contributed by atoms with Crippen LogP contribution in [0.15, 0.2) is 18.3 Å². The molecule has 2 heterocycles. The Bertz CT molecular complexity index is 560. The lowest BCUT2D eigenvalue weighted by Crippen LogP contribution is -2.56. The molecule has 0 aliphatic carbocycles. The molecule has 0 aromatic carbocycles. The lowest BCUT2D eigenvalue weighted by molar-refractivity contribution is -0.139. The number of amides is 2. The smallest absolute Gasteiger partial charge is 0.305 e. The number of nitrogens with one attached hydrogen (secondary N) is 1. The monoisotopic (exact) mass is 278 g/mol. The standard InChI is InChI=1S/C12H14N4O4/c13-11(19)8-5-7(1-2-14-8)16-4-3-15-12(20)9(16)6-10(17)18/h1-2,5,9H,3-4,6H2,(H2,13,19)(H,15,20)(H,17,18). The first-order valence-electron chi connectivity index (χ1n) is 6.01. The van der Waals surface area contributed by atoms with Gasteiger partial charge in [0.2, 0.25) is 5.91 Å². The molecule has 2 amide bonds. The fourth-order valence-corrected chi connectivity index (χ4v) is 2.12. The van der Waals surface area contributed by atoms with Crippen molar-refractivity contribution in [2.45, 2.75) is 12.5 Å². The van der Waals surface area contributed by atoms with Gasteiger partial charge in [0.15, 0.2) is 0 Å². The summed E-state index contributed by atoms with van der Waals surface area (Å²) in [4.78, 5) is 39.3. The van der Waals surface area contributed by atoms with Crippen molar-refractivity contribution in [3.63, 3.8) is 0 Å². The van der Waals surface area contributed by atoms with E-state index in [1.807, 2.05) is 0 Å². The zero-order valence-electron chi connectivity index (χ0n) is 10.6. The number of rotatable bonds is 4. The van der Waals surface area contributed by atoms with E-state index in [0.717, 1.165) is 0 Å². The van der Waals surface area contributed by atoms with Gasteiger partial charge in [-0.15, -0.1) is 0 Å². The van der Waals surface area contributed by atoms with E-state index < -0.39 is 17.9 Å². The summed E-state index contributed by atoms with van der Waals surface area (Å²) in [5.41, 5.74) is 5.78. The molecule has 1 atom stereocenters. The van der Waals surface area contributed by atoms with Gasteiger partial charge >= 0.3 is 5.97 Å². The number of aromatic nitrogens is 1. The highest BCUT2D eigenvalue weighted by atomic mass is 16.4. The second kappa shape index (κ2) is 5.55. The van der Waals surface area contributed by atoms with E-state index in [4.69, 9.17) is 10.8 Å². The van der Waals surface area contributed by atoms with Crippen molar-refractivity contribution in [3.8, 4) is 0 Å². The molecule has 4 N–H and O–H groups in total.